The standard InChI is InChI=1S/C12H25NO2S.ClH/c1-16-12(13)11(15)10(14)8-7-9-5-3-2-4-6-9;/h9-12,14-15H,2-8,13H2,1H3;1H. The van der Waals surface area contributed by atoms with Gasteiger partial charge in [0.2, 0.25) is 0 Å². The fourth-order valence-corrected chi connectivity index (χ4v) is 2.87. The highest BCUT2D eigenvalue weighted by atomic mass is 35.5. The van der Waals surface area contributed by atoms with E-state index in [0.29, 0.717) is 6.42 Å². The van der Waals surface area contributed by atoms with E-state index in [4.69, 9.17) is 5.73 Å². The fourth-order valence-electron chi connectivity index (χ4n) is 2.41. The van der Waals surface area contributed by atoms with Gasteiger partial charge in [-0.3, -0.25) is 0 Å². The van der Waals surface area contributed by atoms with E-state index in [1.807, 2.05) is 6.26 Å². The zero-order valence-corrected chi connectivity index (χ0v) is 12.2. The van der Waals surface area contributed by atoms with Crippen molar-refractivity contribution in [3.63, 3.8) is 0 Å². The quantitative estimate of drug-likeness (QED) is 0.654. The van der Waals surface area contributed by atoms with Gasteiger partial charge in [-0.2, -0.15) is 0 Å². The van der Waals surface area contributed by atoms with Gasteiger partial charge in [-0.1, -0.05) is 32.1 Å². The highest BCUT2D eigenvalue weighted by Gasteiger charge is 2.24. The van der Waals surface area contributed by atoms with Crippen molar-refractivity contribution >= 4 is 24.2 Å². The van der Waals surface area contributed by atoms with Gasteiger partial charge < -0.3 is 15.9 Å². The van der Waals surface area contributed by atoms with Crippen LogP contribution in [-0.4, -0.2) is 34.1 Å². The smallest absolute Gasteiger partial charge is 0.104 e. The lowest BCUT2D eigenvalue weighted by Gasteiger charge is -2.26. The highest BCUT2D eigenvalue weighted by molar-refractivity contribution is 7.99. The normalized spacial score (nSPS) is 22.6. The predicted octanol–water partition coefficient (Wildman–Crippen LogP) is 2.14. The predicted molar refractivity (Wildman–Crippen MR) is 76.6 cm³/mol. The maximum absolute atomic E-state index is 9.81. The molecule has 1 rings (SSSR count). The second-order valence-electron chi connectivity index (χ2n) is 4.84. The van der Waals surface area contributed by atoms with E-state index in [1.165, 1.54) is 43.9 Å². The summed E-state index contributed by atoms with van der Waals surface area (Å²) in [5.41, 5.74) is 5.68. The zero-order chi connectivity index (χ0) is 12.0. The van der Waals surface area contributed by atoms with Gasteiger partial charge >= 0.3 is 0 Å². The molecular weight excluding hydrogens is 258 g/mol. The second kappa shape index (κ2) is 9.45. The van der Waals surface area contributed by atoms with Gasteiger partial charge in [-0.15, -0.1) is 24.2 Å². The number of halogens is 1. The Morgan fingerprint density at radius 2 is 1.82 bits per heavy atom. The Bertz CT molecular complexity index is 191. The Hall–Kier alpha value is 0.520. The lowest BCUT2D eigenvalue weighted by atomic mass is 9.85. The third kappa shape index (κ3) is 6.30. The molecule has 104 valence electrons. The Labute approximate surface area is 115 Å². The Morgan fingerprint density at radius 3 is 2.35 bits per heavy atom. The average Bonchev–Trinajstić information content (AvgIpc) is 2.35. The van der Waals surface area contributed by atoms with E-state index >= 15 is 0 Å². The van der Waals surface area contributed by atoms with E-state index in [1.54, 1.807) is 0 Å². The molecule has 0 saturated heterocycles. The van der Waals surface area contributed by atoms with Crippen molar-refractivity contribution in [3.05, 3.63) is 0 Å². The van der Waals surface area contributed by atoms with Crippen molar-refractivity contribution in [1.29, 1.82) is 0 Å². The van der Waals surface area contributed by atoms with E-state index in [-0.39, 0.29) is 17.8 Å². The van der Waals surface area contributed by atoms with Crippen LogP contribution in [0.1, 0.15) is 44.9 Å². The van der Waals surface area contributed by atoms with Crippen molar-refractivity contribution in [2.45, 2.75) is 62.5 Å². The molecule has 1 saturated carbocycles. The fraction of sp³-hybridized carbons (Fsp3) is 1.00. The molecule has 3 atom stereocenters. The number of nitrogens with two attached hydrogens (primary N) is 1. The molecule has 1 fully saturated rings. The van der Waals surface area contributed by atoms with Crippen molar-refractivity contribution in [1.82, 2.24) is 0 Å². The lowest BCUT2D eigenvalue weighted by molar-refractivity contribution is 0.0102. The largest absolute Gasteiger partial charge is 0.390 e. The molecule has 0 heterocycles. The molecule has 3 nitrogen and oxygen atoms in total. The first-order valence-corrected chi connectivity index (χ1v) is 7.58. The van der Waals surface area contributed by atoms with Crippen LogP contribution in [0.15, 0.2) is 0 Å². The molecule has 0 aromatic rings. The second-order valence-corrected chi connectivity index (χ2v) is 5.86. The minimum absolute atomic E-state index is 0. The zero-order valence-electron chi connectivity index (χ0n) is 10.5. The van der Waals surface area contributed by atoms with Gasteiger partial charge in [-0.25, -0.2) is 0 Å². The number of rotatable bonds is 6. The molecule has 0 radical (unpaired) electrons. The van der Waals surface area contributed by atoms with Crippen LogP contribution >= 0.6 is 24.2 Å². The lowest BCUT2D eigenvalue weighted by Crippen LogP contribution is -2.40. The Kier molecular flexibility index (Phi) is 9.74. The van der Waals surface area contributed by atoms with Crippen LogP contribution in [0.2, 0.25) is 0 Å². The molecule has 1 aliphatic rings. The molecule has 1 aliphatic carbocycles. The van der Waals surface area contributed by atoms with Gasteiger partial charge in [0.15, 0.2) is 0 Å². The topological polar surface area (TPSA) is 66.5 Å². The van der Waals surface area contributed by atoms with Crippen LogP contribution in [0.4, 0.5) is 0 Å². The van der Waals surface area contributed by atoms with Crippen molar-refractivity contribution in [3.8, 4) is 0 Å². The molecule has 0 aliphatic heterocycles. The maximum Gasteiger partial charge on any atom is 0.104 e. The Morgan fingerprint density at radius 1 is 1.24 bits per heavy atom. The third-order valence-electron chi connectivity index (χ3n) is 3.60. The number of hydrogen-bond donors (Lipinski definition) is 3. The summed E-state index contributed by atoms with van der Waals surface area (Å²) in [5, 5.41) is 19.2. The molecule has 0 aromatic heterocycles. The number of thioether (sulfide) groups is 1. The summed E-state index contributed by atoms with van der Waals surface area (Å²) in [6, 6.07) is 0. The minimum Gasteiger partial charge on any atom is -0.390 e. The van der Waals surface area contributed by atoms with Gasteiger partial charge in [0.05, 0.1) is 11.5 Å². The average molecular weight is 284 g/mol. The van der Waals surface area contributed by atoms with Crippen LogP contribution in [0.3, 0.4) is 0 Å². The van der Waals surface area contributed by atoms with Crippen LogP contribution in [-0.2, 0) is 0 Å². The molecule has 0 amide bonds. The van der Waals surface area contributed by atoms with E-state index in [2.05, 4.69) is 0 Å². The molecule has 4 N–H and O–H groups in total. The van der Waals surface area contributed by atoms with E-state index < -0.39 is 12.2 Å². The van der Waals surface area contributed by atoms with Gasteiger partial charge in [-0.05, 0) is 25.0 Å². The molecular formula is C12H26ClNO2S. The molecule has 0 aromatic carbocycles. The maximum atomic E-state index is 9.81. The molecule has 3 unspecified atom stereocenters. The number of aliphatic hydroxyl groups excluding tert-OH is 2. The van der Waals surface area contributed by atoms with Crippen LogP contribution in [0.5, 0.6) is 0 Å². The summed E-state index contributed by atoms with van der Waals surface area (Å²) in [7, 11) is 0. The summed E-state index contributed by atoms with van der Waals surface area (Å²) in [4.78, 5) is 0. The third-order valence-corrected chi connectivity index (χ3v) is 4.42. The number of hydrogen-bond acceptors (Lipinski definition) is 4. The minimum atomic E-state index is -0.793. The summed E-state index contributed by atoms with van der Waals surface area (Å²) in [6.45, 7) is 0. The van der Waals surface area contributed by atoms with Gasteiger partial charge in [0.1, 0.15) is 6.10 Å². The van der Waals surface area contributed by atoms with Crippen LogP contribution in [0, 0.1) is 5.92 Å². The molecule has 0 spiro atoms. The van der Waals surface area contributed by atoms with Gasteiger partial charge in [0.25, 0.3) is 0 Å². The molecule has 17 heavy (non-hydrogen) atoms. The summed E-state index contributed by atoms with van der Waals surface area (Å²) in [6.07, 6.45) is 8.69. The summed E-state index contributed by atoms with van der Waals surface area (Å²) >= 11 is 1.39. The summed E-state index contributed by atoms with van der Waals surface area (Å²) < 4.78 is 0. The van der Waals surface area contributed by atoms with Crippen molar-refractivity contribution in [2.75, 3.05) is 6.26 Å². The van der Waals surface area contributed by atoms with Gasteiger partial charge in [0, 0.05) is 0 Å². The van der Waals surface area contributed by atoms with E-state index in [0.717, 1.165) is 12.3 Å². The SMILES string of the molecule is CSC(N)C(O)C(O)CCC1CCCCC1.Cl. The Balaban J connectivity index is 0.00000256. The number of aliphatic hydroxyl groups is 2. The van der Waals surface area contributed by atoms with Crippen molar-refractivity contribution in [2.24, 2.45) is 11.7 Å². The highest BCUT2D eigenvalue weighted by Crippen LogP contribution is 2.28. The van der Waals surface area contributed by atoms with Crippen LogP contribution < -0.4 is 5.73 Å². The van der Waals surface area contributed by atoms with E-state index in [9.17, 15) is 10.2 Å². The van der Waals surface area contributed by atoms with Crippen molar-refractivity contribution < 1.29 is 10.2 Å². The monoisotopic (exact) mass is 283 g/mol. The first kappa shape index (κ1) is 17.5. The first-order valence-electron chi connectivity index (χ1n) is 6.29. The van der Waals surface area contributed by atoms with Crippen LogP contribution in [0.25, 0.3) is 0 Å². The summed E-state index contributed by atoms with van der Waals surface area (Å²) in [5.74, 6) is 0.751. The molecule has 5 heteroatoms. The molecule has 0 bridgehead atoms. The first-order chi connectivity index (χ1) is 7.65.